The molecule has 0 saturated heterocycles. The first-order valence-electron chi connectivity index (χ1n) is 6.01. The van der Waals surface area contributed by atoms with E-state index in [1.54, 1.807) is 18.2 Å². The van der Waals surface area contributed by atoms with Crippen molar-refractivity contribution < 1.29 is 22.6 Å². The van der Waals surface area contributed by atoms with E-state index in [1.807, 2.05) is 6.92 Å². The lowest BCUT2D eigenvalue weighted by molar-refractivity contribution is -0.145. The van der Waals surface area contributed by atoms with Crippen LogP contribution in [0, 0.1) is 0 Å². The second-order valence-corrected chi connectivity index (χ2v) is 3.96. The molecule has 0 radical (unpaired) electrons. The number of aromatic nitrogens is 2. The predicted molar refractivity (Wildman–Crippen MR) is 69.1 cm³/mol. The van der Waals surface area contributed by atoms with Crippen molar-refractivity contribution in [2.75, 3.05) is 12.3 Å². The van der Waals surface area contributed by atoms with Crippen LogP contribution in [0.4, 0.5) is 19.0 Å². The number of nitrogen functional groups attached to an aromatic ring is 1. The van der Waals surface area contributed by atoms with Gasteiger partial charge in [0.1, 0.15) is 17.3 Å². The average Bonchev–Trinajstić information content (AvgIpc) is 2.38. The van der Waals surface area contributed by atoms with Gasteiger partial charge in [-0.15, -0.1) is 0 Å². The Kier molecular flexibility index (Phi) is 4.15. The monoisotopic (exact) mass is 299 g/mol. The number of hydrogen-bond donors (Lipinski definition) is 1. The van der Waals surface area contributed by atoms with E-state index in [-0.39, 0.29) is 17.4 Å². The van der Waals surface area contributed by atoms with E-state index in [0.29, 0.717) is 12.4 Å². The van der Waals surface area contributed by atoms with Crippen LogP contribution in [-0.4, -0.2) is 16.6 Å². The molecule has 21 heavy (non-hydrogen) atoms. The molecule has 0 aliphatic heterocycles. The van der Waals surface area contributed by atoms with Crippen LogP contribution in [-0.2, 0) is 6.18 Å². The molecule has 0 bridgehead atoms. The van der Waals surface area contributed by atoms with E-state index in [4.69, 9.17) is 15.2 Å². The van der Waals surface area contributed by atoms with Gasteiger partial charge in [-0.05, 0) is 19.1 Å². The maximum Gasteiger partial charge on any atom is 0.451 e. The predicted octanol–water partition coefficient (Wildman–Crippen LogP) is 3.27. The van der Waals surface area contributed by atoms with Crippen molar-refractivity contribution in [3.8, 4) is 17.4 Å². The normalized spacial score (nSPS) is 11.2. The zero-order valence-corrected chi connectivity index (χ0v) is 11.0. The first-order chi connectivity index (χ1) is 9.88. The van der Waals surface area contributed by atoms with Crippen LogP contribution in [0.3, 0.4) is 0 Å². The Balaban J connectivity index is 2.27. The van der Waals surface area contributed by atoms with E-state index in [1.165, 1.54) is 6.07 Å². The zero-order chi connectivity index (χ0) is 15.5. The van der Waals surface area contributed by atoms with Crippen molar-refractivity contribution in [2.45, 2.75) is 13.1 Å². The molecule has 2 N–H and O–H groups in total. The molecule has 0 atom stereocenters. The van der Waals surface area contributed by atoms with Crippen LogP contribution in [0.5, 0.6) is 17.4 Å². The summed E-state index contributed by atoms with van der Waals surface area (Å²) in [6.45, 7) is 2.27. The molecule has 0 amide bonds. The van der Waals surface area contributed by atoms with Crippen molar-refractivity contribution in [1.82, 2.24) is 9.97 Å². The second-order valence-electron chi connectivity index (χ2n) is 3.96. The molecule has 8 heteroatoms. The minimum Gasteiger partial charge on any atom is -0.494 e. The minimum atomic E-state index is -4.69. The van der Waals surface area contributed by atoms with Gasteiger partial charge in [0.25, 0.3) is 0 Å². The second kappa shape index (κ2) is 5.86. The molecule has 0 fully saturated rings. The van der Waals surface area contributed by atoms with E-state index in [2.05, 4.69) is 9.97 Å². The summed E-state index contributed by atoms with van der Waals surface area (Å²) in [7, 11) is 0. The summed E-state index contributed by atoms with van der Waals surface area (Å²) in [6, 6.07) is 7.56. The SMILES string of the molecule is CCOc1cccc(Oc2cc(N)nc(C(F)(F)F)n2)c1. The summed E-state index contributed by atoms with van der Waals surface area (Å²) in [5, 5.41) is 0. The number of alkyl halides is 3. The van der Waals surface area contributed by atoms with Crippen molar-refractivity contribution >= 4 is 5.82 Å². The summed E-state index contributed by atoms with van der Waals surface area (Å²) in [4.78, 5) is 6.43. The lowest BCUT2D eigenvalue weighted by Crippen LogP contribution is -2.12. The number of ether oxygens (including phenoxy) is 2. The summed E-state index contributed by atoms with van der Waals surface area (Å²) >= 11 is 0. The van der Waals surface area contributed by atoms with Gasteiger partial charge in [0, 0.05) is 12.1 Å². The van der Waals surface area contributed by atoms with Gasteiger partial charge in [0.15, 0.2) is 0 Å². The van der Waals surface area contributed by atoms with Crippen LogP contribution in [0.1, 0.15) is 12.7 Å². The van der Waals surface area contributed by atoms with Crippen LogP contribution in [0.2, 0.25) is 0 Å². The van der Waals surface area contributed by atoms with Crippen LogP contribution >= 0.6 is 0 Å². The lowest BCUT2D eigenvalue weighted by Gasteiger charge is -2.10. The molecule has 0 unspecified atom stereocenters. The third-order valence-corrected chi connectivity index (χ3v) is 2.31. The van der Waals surface area contributed by atoms with Crippen molar-refractivity contribution in [3.05, 3.63) is 36.2 Å². The van der Waals surface area contributed by atoms with Crippen LogP contribution in [0.15, 0.2) is 30.3 Å². The quantitative estimate of drug-likeness (QED) is 0.938. The molecule has 2 aromatic rings. The summed E-state index contributed by atoms with van der Waals surface area (Å²) in [6.07, 6.45) is -4.69. The molecule has 0 aliphatic carbocycles. The number of nitrogens with zero attached hydrogens (tertiary/aromatic N) is 2. The van der Waals surface area contributed by atoms with Crippen LogP contribution in [0.25, 0.3) is 0 Å². The van der Waals surface area contributed by atoms with Crippen molar-refractivity contribution in [1.29, 1.82) is 0 Å². The molecule has 0 aliphatic rings. The number of halogens is 3. The van der Waals surface area contributed by atoms with E-state index in [9.17, 15) is 13.2 Å². The molecule has 112 valence electrons. The van der Waals surface area contributed by atoms with Gasteiger partial charge in [-0.2, -0.15) is 18.2 Å². The summed E-state index contributed by atoms with van der Waals surface area (Å²) < 4.78 is 48.3. The maximum absolute atomic E-state index is 12.6. The molecule has 1 aromatic heterocycles. The highest BCUT2D eigenvalue weighted by Gasteiger charge is 2.35. The topological polar surface area (TPSA) is 70.3 Å². The third-order valence-electron chi connectivity index (χ3n) is 2.31. The Morgan fingerprint density at radius 2 is 1.86 bits per heavy atom. The van der Waals surface area contributed by atoms with Gasteiger partial charge in [-0.1, -0.05) is 6.07 Å². The average molecular weight is 299 g/mol. The molecular formula is C13H12F3N3O2. The van der Waals surface area contributed by atoms with Gasteiger partial charge in [-0.25, -0.2) is 4.98 Å². The van der Waals surface area contributed by atoms with E-state index in [0.717, 1.165) is 6.07 Å². The van der Waals surface area contributed by atoms with Crippen molar-refractivity contribution in [2.24, 2.45) is 0 Å². The van der Waals surface area contributed by atoms with Crippen molar-refractivity contribution in [3.63, 3.8) is 0 Å². The fourth-order valence-corrected chi connectivity index (χ4v) is 1.54. The molecule has 1 heterocycles. The fraction of sp³-hybridized carbons (Fsp3) is 0.231. The standard InChI is InChI=1S/C13H12F3N3O2/c1-2-20-8-4-3-5-9(6-8)21-11-7-10(17)18-12(19-11)13(14,15)16/h3-7H,2H2,1H3,(H2,17,18,19). The summed E-state index contributed by atoms with van der Waals surface area (Å²) in [5.41, 5.74) is 5.33. The number of rotatable bonds is 4. The highest BCUT2D eigenvalue weighted by Crippen LogP contribution is 2.30. The highest BCUT2D eigenvalue weighted by atomic mass is 19.4. The Bertz CT molecular complexity index is 632. The Hall–Kier alpha value is -2.51. The van der Waals surface area contributed by atoms with E-state index < -0.39 is 12.0 Å². The highest BCUT2D eigenvalue weighted by molar-refractivity contribution is 5.38. The maximum atomic E-state index is 12.6. The lowest BCUT2D eigenvalue weighted by atomic mass is 10.3. The smallest absolute Gasteiger partial charge is 0.451 e. The minimum absolute atomic E-state index is 0.284. The third kappa shape index (κ3) is 3.98. The number of benzene rings is 1. The molecular weight excluding hydrogens is 287 g/mol. The fourth-order valence-electron chi connectivity index (χ4n) is 1.54. The molecule has 2 rings (SSSR count). The Labute approximate surface area is 118 Å². The Morgan fingerprint density at radius 1 is 1.14 bits per heavy atom. The molecule has 5 nitrogen and oxygen atoms in total. The summed E-state index contributed by atoms with van der Waals surface area (Å²) in [5.74, 6) is -1.14. The molecule has 0 spiro atoms. The first-order valence-corrected chi connectivity index (χ1v) is 6.01. The van der Waals surface area contributed by atoms with Gasteiger partial charge in [0.05, 0.1) is 6.61 Å². The van der Waals surface area contributed by atoms with E-state index >= 15 is 0 Å². The molecule has 0 saturated carbocycles. The van der Waals surface area contributed by atoms with Gasteiger partial charge in [0.2, 0.25) is 11.7 Å². The first kappa shape index (κ1) is 14.9. The largest absolute Gasteiger partial charge is 0.494 e. The number of anilines is 1. The van der Waals surface area contributed by atoms with Crippen LogP contribution < -0.4 is 15.2 Å². The van der Waals surface area contributed by atoms with Gasteiger partial charge >= 0.3 is 6.18 Å². The Morgan fingerprint density at radius 3 is 2.52 bits per heavy atom. The van der Waals surface area contributed by atoms with Gasteiger partial charge in [-0.3, -0.25) is 0 Å². The zero-order valence-electron chi connectivity index (χ0n) is 11.0. The molecule has 1 aromatic carbocycles. The number of hydrogen-bond acceptors (Lipinski definition) is 5. The van der Waals surface area contributed by atoms with Gasteiger partial charge < -0.3 is 15.2 Å². The number of nitrogens with two attached hydrogens (primary N) is 1.